The van der Waals surface area contributed by atoms with E-state index in [9.17, 15) is 4.79 Å². The average Bonchev–Trinajstić information content (AvgIpc) is 2.50. The monoisotopic (exact) mass is 208 g/mol. The highest BCUT2D eigenvalue weighted by atomic mass is 16.1. The molecule has 3 nitrogen and oxygen atoms in total. The van der Waals surface area contributed by atoms with Crippen LogP contribution in [0.3, 0.4) is 0 Å². The number of hydrogen-bond acceptors (Lipinski definition) is 2. The summed E-state index contributed by atoms with van der Waals surface area (Å²) in [6, 6.07) is 0. The molecule has 84 valence electrons. The minimum absolute atomic E-state index is 0.207. The van der Waals surface area contributed by atoms with Crippen molar-refractivity contribution in [1.82, 2.24) is 9.55 Å². The predicted octanol–water partition coefficient (Wildman–Crippen LogP) is 2.36. The molecule has 0 aromatic carbocycles. The van der Waals surface area contributed by atoms with Gasteiger partial charge in [-0.15, -0.1) is 0 Å². The molecule has 1 aromatic heterocycles. The van der Waals surface area contributed by atoms with E-state index in [-0.39, 0.29) is 5.41 Å². The van der Waals surface area contributed by atoms with Crippen molar-refractivity contribution in [1.29, 1.82) is 0 Å². The molecule has 0 saturated heterocycles. The molecule has 0 aliphatic heterocycles. The Bertz CT molecular complexity index is 334. The summed E-state index contributed by atoms with van der Waals surface area (Å²) in [6.45, 7) is 5.91. The molecule has 0 bridgehead atoms. The van der Waals surface area contributed by atoms with Gasteiger partial charge in [-0.05, 0) is 6.42 Å². The van der Waals surface area contributed by atoms with E-state index in [2.05, 4.69) is 4.98 Å². The maximum atomic E-state index is 11.7. The number of ketones is 1. The van der Waals surface area contributed by atoms with Crippen molar-refractivity contribution >= 4 is 5.78 Å². The maximum absolute atomic E-state index is 11.7. The largest absolute Gasteiger partial charge is 0.338 e. The van der Waals surface area contributed by atoms with Crippen LogP contribution in [0.25, 0.3) is 0 Å². The summed E-state index contributed by atoms with van der Waals surface area (Å²) in [4.78, 5) is 15.9. The zero-order valence-electron chi connectivity index (χ0n) is 10.1. The lowest BCUT2D eigenvalue weighted by Gasteiger charge is -2.16. The van der Waals surface area contributed by atoms with Crippen LogP contribution in [0.15, 0.2) is 12.4 Å². The van der Waals surface area contributed by atoms with E-state index in [1.165, 1.54) is 0 Å². The Morgan fingerprint density at radius 1 is 1.47 bits per heavy atom. The first-order valence-electron chi connectivity index (χ1n) is 5.41. The van der Waals surface area contributed by atoms with Gasteiger partial charge in [0, 0.05) is 37.7 Å². The second-order valence-corrected chi connectivity index (χ2v) is 4.98. The Morgan fingerprint density at radius 2 is 2.13 bits per heavy atom. The van der Waals surface area contributed by atoms with Crippen LogP contribution in [0.1, 0.15) is 39.4 Å². The van der Waals surface area contributed by atoms with Gasteiger partial charge < -0.3 is 4.57 Å². The van der Waals surface area contributed by atoms with Gasteiger partial charge >= 0.3 is 0 Å². The van der Waals surface area contributed by atoms with Crippen molar-refractivity contribution in [2.24, 2.45) is 12.5 Å². The molecular weight excluding hydrogens is 188 g/mol. The second-order valence-electron chi connectivity index (χ2n) is 4.98. The standard InChI is InChI=1S/C12H20N2O/c1-12(2,3)10(15)6-5-7-11-13-8-9-14(11)4/h8-9H,5-7H2,1-4H3. The summed E-state index contributed by atoms with van der Waals surface area (Å²) < 4.78 is 2.00. The maximum Gasteiger partial charge on any atom is 0.138 e. The van der Waals surface area contributed by atoms with Crippen LogP contribution in [-0.4, -0.2) is 15.3 Å². The number of aryl methyl sites for hydroxylation is 2. The number of aromatic nitrogens is 2. The summed E-state index contributed by atoms with van der Waals surface area (Å²) in [5, 5.41) is 0. The van der Waals surface area contributed by atoms with Gasteiger partial charge in [-0.2, -0.15) is 0 Å². The van der Waals surface area contributed by atoms with Crippen molar-refractivity contribution in [3.63, 3.8) is 0 Å². The van der Waals surface area contributed by atoms with Gasteiger partial charge in [-0.25, -0.2) is 4.98 Å². The molecule has 1 aromatic rings. The van der Waals surface area contributed by atoms with Crippen LogP contribution < -0.4 is 0 Å². The number of hydrogen-bond donors (Lipinski definition) is 0. The van der Waals surface area contributed by atoms with Crippen molar-refractivity contribution in [3.05, 3.63) is 18.2 Å². The number of nitrogens with zero attached hydrogens (tertiary/aromatic N) is 2. The first-order chi connectivity index (χ1) is 6.91. The van der Waals surface area contributed by atoms with Crippen LogP contribution in [-0.2, 0) is 18.3 Å². The Morgan fingerprint density at radius 3 is 2.60 bits per heavy atom. The fraction of sp³-hybridized carbons (Fsp3) is 0.667. The molecule has 3 heteroatoms. The van der Waals surface area contributed by atoms with E-state index in [0.717, 1.165) is 18.7 Å². The molecular formula is C12H20N2O. The molecule has 0 atom stereocenters. The lowest BCUT2D eigenvalue weighted by molar-refractivity contribution is -0.126. The van der Waals surface area contributed by atoms with E-state index < -0.39 is 0 Å². The number of carbonyl (C=O) groups is 1. The summed E-state index contributed by atoms with van der Waals surface area (Å²) in [7, 11) is 1.98. The van der Waals surface area contributed by atoms with Crippen LogP contribution in [0.2, 0.25) is 0 Å². The smallest absolute Gasteiger partial charge is 0.138 e. The summed E-state index contributed by atoms with van der Waals surface area (Å²) in [5.74, 6) is 1.38. The van der Waals surface area contributed by atoms with Crippen LogP contribution in [0, 0.1) is 5.41 Å². The zero-order chi connectivity index (χ0) is 11.5. The zero-order valence-corrected chi connectivity index (χ0v) is 10.1. The van der Waals surface area contributed by atoms with Gasteiger partial charge in [0.05, 0.1) is 0 Å². The molecule has 1 rings (SSSR count). The van der Waals surface area contributed by atoms with Crippen LogP contribution in [0.4, 0.5) is 0 Å². The molecule has 15 heavy (non-hydrogen) atoms. The van der Waals surface area contributed by atoms with Crippen LogP contribution in [0.5, 0.6) is 0 Å². The van der Waals surface area contributed by atoms with Gasteiger partial charge in [-0.1, -0.05) is 20.8 Å². The highest BCUT2D eigenvalue weighted by Gasteiger charge is 2.20. The Kier molecular flexibility index (Phi) is 3.66. The summed E-state index contributed by atoms with van der Waals surface area (Å²) >= 11 is 0. The summed E-state index contributed by atoms with van der Waals surface area (Å²) in [5.41, 5.74) is -0.207. The fourth-order valence-electron chi connectivity index (χ4n) is 1.42. The number of Topliss-reactive ketones (excluding diaryl/α,β-unsaturated/α-hetero) is 1. The van der Waals surface area contributed by atoms with E-state index >= 15 is 0 Å². The molecule has 0 aliphatic carbocycles. The molecule has 0 fully saturated rings. The first kappa shape index (κ1) is 12.0. The van der Waals surface area contributed by atoms with Gasteiger partial charge in [0.1, 0.15) is 11.6 Å². The minimum atomic E-state index is -0.207. The van der Waals surface area contributed by atoms with Gasteiger partial charge in [0.15, 0.2) is 0 Å². The van der Waals surface area contributed by atoms with Crippen molar-refractivity contribution < 1.29 is 4.79 Å². The SMILES string of the molecule is Cn1ccnc1CCCC(=O)C(C)(C)C. The number of imidazole rings is 1. The normalized spacial score (nSPS) is 11.7. The van der Waals surface area contributed by atoms with Crippen molar-refractivity contribution in [3.8, 4) is 0 Å². The quantitative estimate of drug-likeness (QED) is 0.761. The molecule has 0 aliphatic rings. The highest BCUT2D eigenvalue weighted by molar-refractivity contribution is 5.83. The number of carbonyl (C=O) groups excluding carboxylic acids is 1. The Labute approximate surface area is 91.5 Å². The van der Waals surface area contributed by atoms with E-state index in [0.29, 0.717) is 12.2 Å². The van der Waals surface area contributed by atoms with E-state index in [1.54, 1.807) is 6.20 Å². The highest BCUT2D eigenvalue weighted by Crippen LogP contribution is 2.18. The topological polar surface area (TPSA) is 34.9 Å². The van der Waals surface area contributed by atoms with Crippen molar-refractivity contribution in [2.75, 3.05) is 0 Å². The van der Waals surface area contributed by atoms with Gasteiger partial charge in [0.25, 0.3) is 0 Å². The molecule has 0 saturated carbocycles. The molecule has 0 radical (unpaired) electrons. The minimum Gasteiger partial charge on any atom is -0.338 e. The molecule has 0 N–H and O–H groups in total. The third-order valence-corrected chi connectivity index (χ3v) is 2.56. The predicted molar refractivity (Wildman–Crippen MR) is 60.6 cm³/mol. The van der Waals surface area contributed by atoms with Crippen molar-refractivity contribution in [2.45, 2.75) is 40.0 Å². The second kappa shape index (κ2) is 4.60. The van der Waals surface area contributed by atoms with Gasteiger partial charge in [0.2, 0.25) is 0 Å². The lowest BCUT2D eigenvalue weighted by atomic mass is 9.88. The average molecular weight is 208 g/mol. The molecule has 0 unspecified atom stereocenters. The molecule has 0 spiro atoms. The summed E-state index contributed by atoms with van der Waals surface area (Å²) in [6.07, 6.45) is 6.14. The van der Waals surface area contributed by atoms with Gasteiger partial charge in [-0.3, -0.25) is 4.79 Å². The fourth-order valence-corrected chi connectivity index (χ4v) is 1.42. The Hall–Kier alpha value is -1.12. The van der Waals surface area contributed by atoms with E-state index in [1.807, 2.05) is 38.6 Å². The number of rotatable bonds is 4. The first-order valence-corrected chi connectivity index (χ1v) is 5.41. The molecule has 1 heterocycles. The third kappa shape index (κ3) is 3.50. The lowest BCUT2D eigenvalue weighted by Crippen LogP contribution is -2.19. The third-order valence-electron chi connectivity index (χ3n) is 2.56. The molecule has 0 amide bonds. The Balaban J connectivity index is 2.35. The van der Waals surface area contributed by atoms with Crippen LogP contribution >= 0.6 is 0 Å². The van der Waals surface area contributed by atoms with E-state index in [4.69, 9.17) is 0 Å².